The van der Waals surface area contributed by atoms with E-state index in [1.54, 1.807) is 0 Å². The first-order valence-corrected chi connectivity index (χ1v) is 6.09. The van der Waals surface area contributed by atoms with Gasteiger partial charge in [0.05, 0.1) is 0 Å². The molecule has 0 saturated carbocycles. The smallest absolute Gasteiger partial charge is 0.270 e. The van der Waals surface area contributed by atoms with E-state index in [-0.39, 0.29) is 5.56 Å². The van der Waals surface area contributed by atoms with Gasteiger partial charge < -0.3 is 0 Å². The second-order valence-corrected chi connectivity index (χ2v) is 4.27. The van der Waals surface area contributed by atoms with Crippen LogP contribution in [0.5, 0.6) is 0 Å². The lowest BCUT2D eigenvalue weighted by Crippen LogP contribution is -2.07. The first-order valence-electron chi connectivity index (χ1n) is 5.11. The molecule has 1 aromatic heterocycles. The molecule has 0 saturated heterocycles. The summed E-state index contributed by atoms with van der Waals surface area (Å²) >= 11 is 1.44. The number of nitrogens with one attached hydrogen (secondary N) is 1. The maximum Gasteiger partial charge on any atom is 0.270 e. The van der Waals surface area contributed by atoms with Gasteiger partial charge in [-0.1, -0.05) is 54.2 Å². The minimum absolute atomic E-state index is 0.227. The number of H-pyrrole nitrogens is 1. The molecule has 17 heavy (non-hydrogen) atoms. The Morgan fingerprint density at radius 3 is 2.88 bits per heavy atom. The fourth-order valence-corrected chi connectivity index (χ4v) is 1.86. The highest BCUT2D eigenvalue weighted by Gasteiger charge is 1.94. The van der Waals surface area contributed by atoms with Crippen LogP contribution in [0.25, 0.3) is 6.08 Å². The zero-order valence-corrected chi connectivity index (χ0v) is 9.85. The van der Waals surface area contributed by atoms with Gasteiger partial charge in [0, 0.05) is 5.75 Å². The molecular weight excluding hydrogens is 234 g/mol. The Bertz CT molecular complexity index is 551. The van der Waals surface area contributed by atoms with Crippen molar-refractivity contribution in [2.45, 2.75) is 5.16 Å². The van der Waals surface area contributed by atoms with Crippen molar-refractivity contribution in [2.75, 3.05) is 5.75 Å². The molecule has 0 aliphatic carbocycles. The lowest BCUT2D eigenvalue weighted by molar-refractivity contribution is 0.818. The summed E-state index contributed by atoms with van der Waals surface area (Å²) < 4.78 is 0. The predicted octanol–water partition coefficient (Wildman–Crippen LogP) is 1.97. The molecule has 0 bridgehead atoms. The van der Waals surface area contributed by atoms with Crippen molar-refractivity contribution in [2.24, 2.45) is 0 Å². The van der Waals surface area contributed by atoms with Crippen molar-refractivity contribution in [1.82, 2.24) is 15.2 Å². The summed E-state index contributed by atoms with van der Waals surface area (Å²) in [5, 5.41) is 7.93. The van der Waals surface area contributed by atoms with E-state index in [0.29, 0.717) is 5.16 Å². The first-order chi connectivity index (χ1) is 8.34. The van der Waals surface area contributed by atoms with Crippen LogP contribution in [0.4, 0.5) is 0 Å². The molecule has 0 aliphatic heterocycles. The molecule has 1 N–H and O–H groups in total. The van der Waals surface area contributed by atoms with E-state index in [9.17, 15) is 4.79 Å². The summed E-state index contributed by atoms with van der Waals surface area (Å²) in [7, 11) is 0. The van der Waals surface area contributed by atoms with Gasteiger partial charge in [-0.05, 0) is 5.56 Å². The molecule has 0 radical (unpaired) electrons. The van der Waals surface area contributed by atoms with Crippen LogP contribution in [0.2, 0.25) is 0 Å². The fraction of sp³-hybridized carbons (Fsp3) is 0.0833. The fourth-order valence-electron chi connectivity index (χ4n) is 1.24. The van der Waals surface area contributed by atoms with E-state index >= 15 is 0 Å². The van der Waals surface area contributed by atoms with Gasteiger partial charge in [-0.3, -0.25) is 9.78 Å². The number of aromatic amines is 1. The lowest BCUT2D eigenvalue weighted by Gasteiger charge is -1.94. The number of aromatic nitrogens is 3. The van der Waals surface area contributed by atoms with E-state index in [2.05, 4.69) is 15.2 Å². The number of hydrogen-bond donors (Lipinski definition) is 1. The Balaban J connectivity index is 1.88. The average Bonchev–Trinajstić information content (AvgIpc) is 2.36. The predicted molar refractivity (Wildman–Crippen MR) is 68.9 cm³/mol. The molecule has 0 amide bonds. The van der Waals surface area contributed by atoms with Gasteiger partial charge in [0.15, 0.2) is 5.16 Å². The Hall–Kier alpha value is -1.88. The zero-order valence-electron chi connectivity index (χ0n) is 9.04. The van der Waals surface area contributed by atoms with Gasteiger partial charge in [0.25, 0.3) is 5.56 Å². The van der Waals surface area contributed by atoms with Crippen molar-refractivity contribution in [3.63, 3.8) is 0 Å². The Morgan fingerprint density at radius 2 is 2.12 bits per heavy atom. The molecule has 0 unspecified atom stereocenters. The van der Waals surface area contributed by atoms with Gasteiger partial charge in [-0.2, -0.15) is 5.10 Å². The van der Waals surface area contributed by atoms with Crippen LogP contribution in [-0.2, 0) is 0 Å². The summed E-state index contributed by atoms with van der Waals surface area (Å²) in [6.07, 6.45) is 5.21. The number of hydrogen-bond acceptors (Lipinski definition) is 4. The number of thioether (sulfide) groups is 1. The van der Waals surface area contributed by atoms with Crippen LogP contribution < -0.4 is 5.56 Å². The van der Waals surface area contributed by atoms with E-state index in [0.717, 1.165) is 17.5 Å². The topological polar surface area (TPSA) is 58.6 Å². The highest BCUT2D eigenvalue weighted by atomic mass is 32.2. The van der Waals surface area contributed by atoms with Gasteiger partial charge in [0.2, 0.25) is 0 Å². The van der Waals surface area contributed by atoms with E-state index < -0.39 is 0 Å². The zero-order chi connectivity index (χ0) is 11.9. The minimum atomic E-state index is -0.227. The number of nitrogens with zero attached hydrogens (tertiary/aromatic N) is 2. The number of benzene rings is 1. The molecule has 0 spiro atoms. The van der Waals surface area contributed by atoms with E-state index in [1.165, 1.54) is 11.8 Å². The second kappa shape index (κ2) is 6.00. The molecular formula is C12H11N3OS. The lowest BCUT2D eigenvalue weighted by atomic mass is 10.2. The summed E-state index contributed by atoms with van der Waals surface area (Å²) in [6, 6.07) is 10.0. The van der Waals surface area contributed by atoms with Gasteiger partial charge in [-0.15, -0.1) is 5.10 Å². The normalized spacial score (nSPS) is 10.8. The van der Waals surface area contributed by atoms with Crippen LogP contribution in [0.15, 0.2) is 52.6 Å². The van der Waals surface area contributed by atoms with Gasteiger partial charge in [0.1, 0.15) is 6.20 Å². The third-order valence-electron chi connectivity index (χ3n) is 1.98. The molecule has 0 atom stereocenters. The molecule has 1 heterocycles. The van der Waals surface area contributed by atoms with E-state index in [1.807, 2.05) is 42.5 Å². The summed E-state index contributed by atoms with van der Waals surface area (Å²) in [6.45, 7) is 0. The van der Waals surface area contributed by atoms with Gasteiger partial charge >= 0.3 is 0 Å². The Morgan fingerprint density at radius 1 is 1.29 bits per heavy atom. The second-order valence-electron chi connectivity index (χ2n) is 3.26. The van der Waals surface area contributed by atoms with Crippen LogP contribution in [-0.4, -0.2) is 20.9 Å². The average molecular weight is 245 g/mol. The van der Waals surface area contributed by atoms with Crippen molar-refractivity contribution >= 4 is 17.8 Å². The monoisotopic (exact) mass is 245 g/mol. The molecule has 0 fully saturated rings. The van der Waals surface area contributed by atoms with Crippen molar-refractivity contribution in [3.05, 3.63) is 58.5 Å². The number of rotatable bonds is 4. The van der Waals surface area contributed by atoms with Crippen molar-refractivity contribution < 1.29 is 0 Å². The summed E-state index contributed by atoms with van der Waals surface area (Å²) in [5.74, 6) is 0.740. The first kappa shape index (κ1) is 11.6. The largest absolute Gasteiger partial charge is 0.299 e. The Labute approximate surface area is 103 Å². The van der Waals surface area contributed by atoms with Gasteiger partial charge in [-0.25, -0.2) is 0 Å². The van der Waals surface area contributed by atoms with Crippen molar-refractivity contribution in [1.29, 1.82) is 0 Å². The van der Waals surface area contributed by atoms with E-state index in [4.69, 9.17) is 0 Å². The molecule has 0 aliphatic rings. The highest BCUT2D eigenvalue weighted by molar-refractivity contribution is 7.99. The molecule has 2 rings (SSSR count). The standard InChI is InChI=1S/C12H11N3OS/c16-11-9-13-15-12(14-11)17-8-4-7-10-5-2-1-3-6-10/h1-7,9H,8H2,(H,14,15,16). The third kappa shape index (κ3) is 3.88. The van der Waals surface area contributed by atoms with Crippen LogP contribution >= 0.6 is 11.8 Å². The molecule has 4 nitrogen and oxygen atoms in total. The highest BCUT2D eigenvalue weighted by Crippen LogP contribution is 2.10. The maximum atomic E-state index is 11.0. The molecule has 5 heteroatoms. The molecule has 2 aromatic rings. The van der Waals surface area contributed by atoms with Crippen molar-refractivity contribution in [3.8, 4) is 0 Å². The Kier molecular flexibility index (Phi) is 4.10. The molecule has 1 aromatic carbocycles. The van der Waals surface area contributed by atoms with Crippen LogP contribution in [0, 0.1) is 0 Å². The SMILES string of the molecule is O=c1cnnc(SCC=Cc2ccccc2)[nH]1. The summed E-state index contributed by atoms with van der Waals surface area (Å²) in [5.41, 5.74) is 0.926. The minimum Gasteiger partial charge on any atom is -0.299 e. The third-order valence-corrected chi connectivity index (χ3v) is 2.80. The van der Waals surface area contributed by atoms with Crippen LogP contribution in [0.3, 0.4) is 0 Å². The molecule has 86 valence electrons. The van der Waals surface area contributed by atoms with Crippen LogP contribution in [0.1, 0.15) is 5.56 Å². The quantitative estimate of drug-likeness (QED) is 0.837. The summed E-state index contributed by atoms with van der Waals surface area (Å²) in [4.78, 5) is 13.6. The maximum absolute atomic E-state index is 11.0.